The summed E-state index contributed by atoms with van der Waals surface area (Å²) < 4.78 is 0. The second-order valence-corrected chi connectivity index (χ2v) is 7.86. The first kappa shape index (κ1) is 19.4. The quantitative estimate of drug-likeness (QED) is 0.748. The number of hydrogen-bond donors (Lipinski definition) is 1. The molecule has 29 heavy (non-hydrogen) atoms. The van der Waals surface area contributed by atoms with Crippen LogP contribution in [0, 0.1) is 0 Å². The van der Waals surface area contributed by atoms with Crippen LogP contribution in [0.5, 0.6) is 0 Å². The van der Waals surface area contributed by atoms with E-state index in [0.29, 0.717) is 17.7 Å². The zero-order valence-corrected chi connectivity index (χ0v) is 16.6. The van der Waals surface area contributed by atoms with Gasteiger partial charge in [0.2, 0.25) is 11.8 Å². The number of aryl methyl sites for hydroxylation is 2. The van der Waals surface area contributed by atoms with Gasteiger partial charge >= 0.3 is 0 Å². The Morgan fingerprint density at radius 2 is 1.62 bits per heavy atom. The molecule has 2 aromatic rings. The maximum atomic E-state index is 12.5. The summed E-state index contributed by atoms with van der Waals surface area (Å²) in [6.07, 6.45) is 6.36. The summed E-state index contributed by atoms with van der Waals surface area (Å²) in [6, 6.07) is 13.2. The topological polar surface area (TPSA) is 66.5 Å². The van der Waals surface area contributed by atoms with Crippen molar-refractivity contribution < 1.29 is 14.4 Å². The third kappa shape index (κ3) is 4.56. The van der Waals surface area contributed by atoms with Gasteiger partial charge in [-0.1, -0.05) is 12.1 Å². The number of benzene rings is 2. The molecule has 4 rings (SSSR count). The van der Waals surface area contributed by atoms with Gasteiger partial charge in [0.15, 0.2) is 5.78 Å². The predicted octanol–water partition coefficient (Wildman–Crippen LogP) is 4.29. The number of carbonyl (C=O) groups is 3. The maximum absolute atomic E-state index is 12.5. The van der Waals surface area contributed by atoms with E-state index < -0.39 is 0 Å². The van der Waals surface area contributed by atoms with Crippen molar-refractivity contribution in [3.05, 3.63) is 59.2 Å². The molecule has 0 aromatic heterocycles. The monoisotopic (exact) mass is 390 g/mol. The van der Waals surface area contributed by atoms with Crippen molar-refractivity contribution in [3.8, 4) is 0 Å². The Morgan fingerprint density at radius 1 is 0.862 bits per heavy atom. The predicted molar refractivity (Wildman–Crippen MR) is 113 cm³/mol. The van der Waals surface area contributed by atoms with Crippen molar-refractivity contribution in [2.45, 2.75) is 51.4 Å². The van der Waals surface area contributed by atoms with E-state index >= 15 is 0 Å². The van der Waals surface area contributed by atoms with Crippen molar-refractivity contribution in [1.82, 2.24) is 0 Å². The Kier molecular flexibility index (Phi) is 5.74. The lowest BCUT2D eigenvalue weighted by Gasteiger charge is -2.16. The third-order valence-corrected chi connectivity index (χ3v) is 5.79. The molecule has 150 valence electrons. The van der Waals surface area contributed by atoms with Crippen LogP contribution in [0.3, 0.4) is 0 Å². The molecule has 0 radical (unpaired) electrons. The second-order valence-electron chi connectivity index (χ2n) is 7.86. The normalized spacial score (nSPS) is 15.9. The van der Waals surface area contributed by atoms with Crippen LogP contribution in [-0.4, -0.2) is 24.1 Å². The molecule has 1 saturated heterocycles. The Balaban J connectivity index is 1.29. The van der Waals surface area contributed by atoms with Crippen LogP contribution in [0.15, 0.2) is 42.5 Å². The number of Topliss-reactive ketones (excluding diaryl/α,β-unsaturated/α-hetero) is 1. The van der Waals surface area contributed by atoms with Gasteiger partial charge in [0, 0.05) is 42.7 Å². The van der Waals surface area contributed by atoms with E-state index in [-0.39, 0.29) is 30.4 Å². The van der Waals surface area contributed by atoms with Crippen molar-refractivity contribution in [2.75, 3.05) is 16.8 Å². The van der Waals surface area contributed by atoms with Gasteiger partial charge in [-0.15, -0.1) is 0 Å². The number of anilines is 2. The molecule has 2 aromatic carbocycles. The first-order valence-corrected chi connectivity index (χ1v) is 10.5. The number of nitrogens with zero attached hydrogens (tertiary/aromatic N) is 1. The molecule has 0 spiro atoms. The molecule has 0 saturated carbocycles. The Bertz CT molecular complexity index is 934. The number of ketones is 1. The molecule has 5 heteroatoms. The number of amides is 2. The molecular weight excluding hydrogens is 364 g/mol. The number of nitrogens with one attached hydrogen (secondary N) is 1. The van der Waals surface area contributed by atoms with E-state index in [4.69, 9.17) is 0 Å². The van der Waals surface area contributed by atoms with Gasteiger partial charge < -0.3 is 10.2 Å². The van der Waals surface area contributed by atoms with Gasteiger partial charge in [0.1, 0.15) is 0 Å². The standard InChI is InChI=1S/C24H26N2O3/c27-22(19-8-7-17-4-1-2-5-18(17)16-19)13-14-23(28)25-20-9-11-21(12-10-20)26-15-3-6-24(26)29/h7-12,16H,1-6,13-15H2,(H,25,28). The van der Waals surface area contributed by atoms with Crippen LogP contribution in [-0.2, 0) is 22.4 Å². The first-order valence-electron chi connectivity index (χ1n) is 10.5. The van der Waals surface area contributed by atoms with E-state index in [9.17, 15) is 14.4 Å². The molecule has 2 aliphatic rings. The minimum atomic E-state index is -0.179. The second kappa shape index (κ2) is 8.60. The number of hydrogen-bond acceptors (Lipinski definition) is 3. The fourth-order valence-corrected chi connectivity index (χ4v) is 4.15. The van der Waals surface area contributed by atoms with Gasteiger partial charge in [-0.25, -0.2) is 0 Å². The molecule has 0 bridgehead atoms. The summed E-state index contributed by atoms with van der Waals surface area (Å²) in [5.74, 6) is -0.0276. The Hall–Kier alpha value is -2.95. The SMILES string of the molecule is O=C(CCC(=O)c1ccc2c(c1)CCCC2)Nc1ccc(N2CCCC2=O)cc1. The van der Waals surface area contributed by atoms with E-state index in [0.717, 1.165) is 31.5 Å². The molecule has 1 heterocycles. The molecule has 5 nitrogen and oxygen atoms in total. The highest BCUT2D eigenvalue weighted by atomic mass is 16.2. The van der Waals surface area contributed by atoms with Crippen LogP contribution in [0.1, 0.15) is 60.0 Å². The largest absolute Gasteiger partial charge is 0.326 e. The fourth-order valence-electron chi connectivity index (χ4n) is 4.15. The molecule has 1 aliphatic carbocycles. The molecule has 1 N–H and O–H groups in total. The first-order chi connectivity index (χ1) is 14.1. The number of carbonyl (C=O) groups excluding carboxylic acids is 3. The third-order valence-electron chi connectivity index (χ3n) is 5.79. The van der Waals surface area contributed by atoms with E-state index in [1.165, 1.54) is 24.0 Å². The zero-order valence-electron chi connectivity index (χ0n) is 16.6. The molecule has 1 aliphatic heterocycles. The van der Waals surface area contributed by atoms with Crippen molar-refractivity contribution >= 4 is 29.0 Å². The molecule has 0 unspecified atom stereocenters. The maximum Gasteiger partial charge on any atom is 0.227 e. The molecule has 0 atom stereocenters. The smallest absolute Gasteiger partial charge is 0.227 e. The van der Waals surface area contributed by atoms with Gasteiger partial charge in [0.05, 0.1) is 0 Å². The number of rotatable bonds is 6. The minimum Gasteiger partial charge on any atom is -0.326 e. The Labute approximate surface area is 171 Å². The van der Waals surface area contributed by atoms with Crippen LogP contribution in [0.2, 0.25) is 0 Å². The van der Waals surface area contributed by atoms with Crippen LogP contribution < -0.4 is 10.2 Å². The average Bonchev–Trinajstić information content (AvgIpc) is 3.18. The minimum absolute atomic E-state index is 0.0106. The van der Waals surface area contributed by atoms with Crippen molar-refractivity contribution in [2.24, 2.45) is 0 Å². The van der Waals surface area contributed by atoms with Crippen molar-refractivity contribution in [1.29, 1.82) is 0 Å². The fraction of sp³-hybridized carbons (Fsp3) is 0.375. The van der Waals surface area contributed by atoms with E-state index in [1.807, 2.05) is 24.3 Å². The summed E-state index contributed by atoms with van der Waals surface area (Å²) in [5, 5.41) is 2.83. The average molecular weight is 390 g/mol. The molecule has 2 amide bonds. The lowest BCUT2D eigenvalue weighted by molar-refractivity contribution is -0.117. The summed E-state index contributed by atoms with van der Waals surface area (Å²) >= 11 is 0. The zero-order chi connectivity index (χ0) is 20.2. The lowest BCUT2D eigenvalue weighted by Crippen LogP contribution is -2.23. The van der Waals surface area contributed by atoms with Crippen LogP contribution >= 0.6 is 0 Å². The highest BCUT2D eigenvalue weighted by molar-refractivity contribution is 6.00. The van der Waals surface area contributed by atoms with Gasteiger partial charge in [-0.05, 0) is 73.6 Å². The summed E-state index contributed by atoms with van der Waals surface area (Å²) in [6.45, 7) is 0.745. The molecule has 1 fully saturated rings. The van der Waals surface area contributed by atoms with E-state index in [1.54, 1.807) is 17.0 Å². The Morgan fingerprint density at radius 3 is 2.34 bits per heavy atom. The van der Waals surface area contributed by atoms with Crippen LogP contribution in [0.25, 0.3) is 0 Å². The van der Waals surface area contributed by atoms with Gasteiger partial charge in [0.25, 0.3) is 0 Å². The van der Waals surface area contributed by atoms with Crippen molar-refractivity contribution in [3.63, 3.8) is 0 Å². The summed E-state index contributed by atoms with van der Waals surface area (Å²) in [4.78, 5) is 38.3. The summed E-state index contributed by atoms with van der Waals surface area (Å²) in [5.41, 5.74) is 4.87. The van der Waals surface area contributed by atoms with E-state index in [2.05, 4.69) is 11.4 Å². The highest BCUT2D eigenvalue weighted by Crippen LogP contribution is 2.24. The summed E-state index contributed by atoms with van der Waals surface area (Å²) in [7, 11) is 0. The van der Waals surface area contributed by atoms with Crippen LogP contribution in [0.4, 0.5) is 11.4 Å². The molecular formula is C24H26N2O3. The number of fused-ring (bicyclic) bond motifs is 1. The lowest BCUT2D eigenvalue weighted by atomic mass is 9.89. The highest BCUT2D eigenvalue weighted by Gasteiger charge is 2.21. The van der Waals surface area contributed by atoms with Gasteiger partial charge in [-0.3, -0.25) is 14.4 Å². The van der Waals surface area contributed by atoms with Gasteiger partial charge in [-0.2, -0.15) is 0 Å².